The van der Waals surface area contributed by atoms with Gasteiger partial charge in [0, 0.05) is 39.9 Å². The summed E-state index contributed by atoms with van der Waals surface area (Å²) in [6.07, 6.45) is 4.98. The number of nitrogens with one attached hydrogen (secondary N) is 2. The lowest BCUT2D eigenvalue weighted by Gasteiger charge is -2.26. The van der Waals surface area contributed by atoms with Gasteiger partial charge in [0.05, 0.1) is 49.6 Å². The number of hydrogen-bond acceptors (Lipinski definition) is 10. The second-order valence-corrected chi connectivity index (χ2v) is 8.60. The lowest BCUT2D eigenvalue weighted by atomic mass is 10.1. The number of ether oxygens (including phenoxy) is 2. The lowest BCUT2D eigenvalue weighted by molar-refractivity contribution is 0.0341. The van der Waals surface area contributed by atoms with Crippen molar-refractivity contribution in [1.82, 2.24) is 29.4 Å². The molecule has 0 spiro atoms. The molecule has 0 bridgehead atoms. The van der Waals surface area contributed by atoms with E-state index in [2.05, 4.69) is 35.5 Å². The number of aromatic nitrogens is 5. The van der Waals surface area contributed by atoms with Crippen LogP contribution in [0.5, 0.6) is 0 Å². The maximum atomic E-state index is 15.1. The van der Waals surface area contributed by atoms with Gasteiger partial charge in [-0.2, -0.15) is 0 Å². The zero-order valence-electron chi connectivity index (χ0n) is 20.8. The highest BCUT2D eigenvalue weighted by Gasteiger charge is 2.23. The molecule has 1 aliphatic rings. The number of halogens is 1. The first kappa shape index (κ1) is 24.5. The van der Waals surface area contributed by atoms with Crippen LogP contribution in [0.15, 0.2) is 36.9 Å². The summed E-state index contributed by atoms with van der Waals surface area (Å²) in [4.78, 5) is 32.8. The van der Waals surface area contributed by atoms with Gasteiger partial charge in [-0.05, 0) is 17.7 Å². The molecule has 0 aliphatic carbocycles. The molecule has 11 nitrogen and oxygen atoms in total. The van der Waals surface area contributed by atoms with Crippen molar-refractivity contribution in [3.63, 3.8) is 0 Å². The average Bonchev–Trinajstić information content (AvgIpc) is 3.31. The lowest BCUT2D eigenvalue weighted by Crippen LogP contribution is -2.35. The Hall–Kier alpha value is -4.16. The zero-order valence-corrected chi connectivity index (χ0v) is 20.8. The van der Waals surface area contributed by atoms with Crippen molar-refractivity contribution < 1.29 is 18.7 Å². The quantitative estimate of drug-likeness (QED) is 0.362. The number of morpholine rings is 1. The second kappa shape index (κ2) is 10.4. The summed E-state index contributed by atoms with van der Waals surface area (Å²) in [6, 6.07) is 4.94. The Balaban J connectivity index is 1.51. The molecule has 1 aromatic carbocycles. The van der Waals surface area contributed by atoms with Crippen LogP contribution in [0.3, 0.4) is 0 Å². The van der Waals surface area contributed by atoms with Crippen LogP contribution < -0.4 is 10.6 Å². The number of methoxy groups -OCH3 is 1. The van der Waals surface area contributed by atoms with Gasteiger partial charge in [-0.15, -0.1) is 0 Å². The summed E-state index contributed by atoms with van der Waals surface area (Å²) in [5, 5.41) is 5.93. The molecule has 1 saturated heterocycles. The van der Waals surface area contributed by atoms with Gasteiger partial charge in [-0.3, -0.25) is 9.88 Å². The number of aryl methyl sites for hydroxylation is 1. The third kappa shape index (κ3) is 4.93. The minimum Gasteiger partial charge on any atom is -0.464 e. The van der Waals surface area contributed by atoms with Crippen LogP contribution in [0, 0.1) is 5.82 Å². The maximum Gasteiger partial charge on any atom is 0.360 e. The summed E-state index contributed by atoms with van der Waals surface area (Å²) in [7, 11) is 4.79. The second-order valence-electron chi connectivity index (χ2n) is 8.60. The fourth-order valence-electron chi connectivity index (χ4n) is 4.24. The first-order valence-corrected chi connectivity index (χ1v) is 11.8. The topological polar surface area (TPSA) is 119 Å². The molecule has 2 N–H and O–H groups in total. The number of nitrogens with zero attached hydrogens (tertiary/aromatic N) is 6. The molecule has 4 aromatic rings. The van der Waals surface area contributed by atoms with Gasteiger partial charge in [0.2, 0.25) is 0 Å². The van der Waals surface area contributed by atoms with Crippen LogP contribution in [-0.2, 0) is 23.1 Å². The first-order valence-electron chi connectivity index (χ1n) is 11.8. The Bertz CT molecular complexity index is 1450. The average molecular weight is 507 g/mol. The number of carbonyl (C=O) groups excluding carboxylic acids is 1. The van der Waals surface area contributed by atoms with E-state index in [0.717, 1.165) is 24.2 Å². The maximum absolute atomic E-state index is 15.1. The summed E-state index contributed by atoms with van der Waals surface area (Å²) >= 11 is 0. The molecule has 5 rings (SSSR count). The molecule has 0 radical (unpaired) electrons. The van der Waals surface area contributed by atoms with Crippen LogP contribution in [0.4, 0.5) is 21.7 Å². The van der Waals surface area contributed by atoms with E-state index in [1.807, 2.05) is 17.7 Å². The number of rotatable bonds is 7. The molecule has 0 amide bonds. The highest BCUT2D eigenvalue weighted by Crippen LogP contribution is 2.33. The molecule has 0 saturated carbocycles. The summed E-state index contributed by atoms with van der Waals surface area (Å²) in [6.45, 7) is 3.58. The van der Waals surface area contributed by atoms with Gasteiger partial charge in [0.1, 0.15) is 17.0 Å². The van der Waals surface area contributed by atoms with Crippen molar-refractivity contribution >= 4 is 34.3 Å². The number of anilines is 3. The Kier molecular flexibility index (Phi) is 6.93. The standard InChI is InChI=1S/C25H27FN8O3/c1-27-23-21(16-11-28-12-19-20(16)29-14-33(19)2)31-22(25(35)36-3)24(32-23)30-18-5-4-15(10-17(18)26)13-34-6-8-37-9-7-34/h4-5,10-12,14H,6-9,13H2,1-3H3,(H2,27,30,32). The summed E-state index contributed by atoms with van der Waals surface area (Å²) in [5.74, 6) is -0.772. The third-order valence-electron chi connectivity index (χ3n) is 6.20. The van der Waals surface area contributed by atoms with Crippen molar-refractivity contribution in [1.29, 1.82) is 0 Å². The largest absolute Gasteiger partial charge is 0.464 e. The van der Waals surface area contributed by atoms with Crippen molar-refractivity contribution in [2.24, 2.45) is 7.05 Å². The minimum atomic E-state index is -0.718. The fourth-order valence-corrected chi connectivity index (χ4v) is 4.24. The van der Waals surface area contributed by atoms with Gasteiger partial charge in [-0.1, -0.05) is 6.07 Å². The Morgan fingerprint density at radius 2 is 2.00 bits per heavy atom. The van der Waals surface area contributed by atoms with Crippen LogP contribution in [0.1, 0.15) is 16.1 Å². The number of fused-ring (bicyclic) bond motifs is 1. The molecule has 0 unspecified atom stereocenters. The van der Waals surface area contributed by atoms with E-state index in [0.29, 0.717) is 42.4 Å². The molecular formula is C25H27FN8O3. The van der Waals surface area contributed by atoms with E-state index in [1.165, 1.54) is 13.2 Å². The van der Waals surface area contributed by atoms with E-state index in [1.54, 1.807) is 31.8 Å². The van der Waals surface area contributed by atoms with Gasteiger partial charge < -0.3 is 24.7 Å². The highest BCUT2D eigenvalue weighted by atomic mass is 19.1. The smallest absolute Gasteiger partial charge is 0.360 e. The van der Waals surface area contributed by atoms with Crippen molar-refractivity contribution in [2.45, 2.75) is 6.54 Å². The van der Waals surface area contributed by atoms with Crippen molar-refractivity contribution in [3.05, 3.63) is 54.0 Å². The normalized spacial score (nSPS) is 14.1. The van der Waals surface area contributed by atoms with Gasteiger partial charge >= 0.3 is 5.97 Å². The van der Waals surface area contributed by atoms with Gasteiger partial charge in [-0.25, -0.2) is 24.1 Å². The van der Waals surface area contributed by atoms with Gasteiger partial charge in [0.15, 0.2) is 17.3 Å². The number of benzene rings is 1. The van der Waals surface area contributed by atoms with Crippen LogP contribution in [0.25, 0.3) is 22.3 Å². The van der Waals surface area contributed by atoms with Crippen molar-refractivity contribution in [2.75, 3.05) is 51.1 Å². The van der Waals surface area contributed by atoms with E-state index < -0.39 is 11.8 Å². The molecule has 1 fully saturated rings. The van der Waals surface area contributed by atoms with E-state index in [4.69, 9.17) is 9.47 Å². The Morgan fingerprint density at radius 3 is 2.73 bits per heavy atom. The molecule has 37 heavy (non-hydrogen) atoms. The fraction of sp³-hybridized carbons (Fsp3) is 0.320. The van der Waals surface area contributed by atoms with E-state index in [-0.39, 0.29) is 17.2 Å². The van der Waals surface area contributed by atoms with Crippen LogP contribution in [0.2, 0.25) is 0 Å². The molecule has 3 aromatic heterocycles. The highest BCUT2D eigenvalue weighted by molar-refractivity contribution is 5.98. The zero-order chi connectivity index (χ0) is 25.9. The molecule has 0 atom stereocenters. The third-order valence-corrected chi connectivity index (χ3v) is 6.20. The molecule has 4 heterocycles. The first-order chi connectivity index (χ1) is 18.0. The Morgan fingerprint density at radius 1 is 1.19 bits per heavy atom. The number of pyridine rings is 1. The predicted molar refractivity (Wildman–Crippen MR) is 136 cm³/mol. The number of imidazole rings is 1. The van der Waals surface area contributed by atoms with Crippen LogP contribution >= 0.6 is 0 Å². The van der Waals surface area contributed by atoms with E-state index in [9.17, 15) is 4.79 Å². The van der Waals surface area contributed by atoms with Crippen LogP contribution in [-0.4, -0.2) is 75.8 Å². The van der Waals surface area contributed by atoms with Gasteiger partial charge in [0.25, 0.3) is 0 Å². The SMILES string of the molecule is CNc1nc(Nc2ccc(CN3CCOCC3)cc2F)c(C(=O)OC)nc1-c1cncc2c1ncn2C. The molecular weight excluding hydrogens is 479 g/mol. The minimum absolute atomic E-state index is 0.0564. The molecule has 192 valence electrons. The predicted octanol–water partition coefficient (Wildman–Crippen LogP) is 2.97. The number of carbonyl (C=O) groups is 1. The number of esters is 1. The number of hydrogen-bond donors (Lipinski definition) is 2. The monoisotopic (exact) mass is 506 g/mol. The van der Waals surface area contributed by atoms with Crippen molar-refractivity contribution in [3.8, 4) is 11.3 Å². The molecule has 12 heteroatoms. The summed E-state index contributed by atoms with van der Waals surface area (Å²) in [5.41, 5.74) is 3.31. The molecule has 1 aliphatic heterocycles. The summed E-state index contributed by atoms with van der Waals surface area (Å²) < 4.78 is 27.3. The van der Waals surface area contributed by atoms with E-state index >= 15 is 4.39 Å². The Labute approximate surface area is 212 Å².